The van der Waals surface area contributed by atoms with E-state index < -0.39 is 11.9 Å². The zero-order chi connectivity index (χ0) is 15.9. The van der Waals surface area contributed by atoms with Crippen molar-refractivity contribution in [2.45, 2.75) is 6.04 Å². The van der Waals surface area contributed by atoms with Crippen molar-refractivity contribution in [3.63, 3.8) is 0 Å². The van der Waals surface area contributed by atoms with Gasteiger partial charge in [-0.2, -0.15) is 0 Å². The first-order valence-corrected chi connectivity index (χ1v) is 7.15. The molecule has 2 heterocycles. The van der Waals surface area contributed by atoms with Crippen LogP contribution in [-0.4, -0.2) is 28.6 Å². The largest absolute Gasteiger partial charge is 0.506 e. The van der Waals surface area contributed by atoms with E-state index in [1.54, 1.807) is 18.5 Å². The zero-order valence-electron chi connectivity index (χ0n) is 11.9. The summed E-state index contributed by atoms with van der Waals surface area (Å²) in [4.78, 5) is 5.98. The molecule has 1 aliphatic rings. The molecule has 0 aliphatic carbocycles. The van der Waals surface area contributed by atoms with Crippen LogP contribution in [0, 0.1) is 5.82 Å². The van der Waals surface area contributed by atoms with Crippen LogP contribution in [-0.2, 0) is 0 Å². The molecule has 1 aromatic heterocycles. The van der Waals surface area contributed by atoms with E-state index in [1.165, 1.54) is 12.1 Å². The number of fused-ring (bicyclic) bond motifs is 1. The lowest BCUT2D eigenvalue weighted by Gasteiger charge is -2.28. The number of phenols is 1. The van der Waals surface area contributed by atoms with Crippen molar-refractivity contribution in [1.29, 1.82) is 0 Å². The second kappa shape index (κ2) is 5.59. The Bertz CT molecular complexity index is 763. The first-order chi connectivity index (χ1) is 10.5. The summed E-state index contributed by atoms with van der Waals surface area (Å²) in [7, 11) is 1.84. The maximum absolute atomic E-state index is 14.4. The van der Waals surface area contributed by atoms with Gasteiger partial charge >= 0.3 is 0 Å². The highest BCUT2D eigenvalue weighted by molar-refractivity contribution is 6.32. The third-order valence-electron chi connectivity index (χ3n) is 3.89. The van der Waals surface area contributed by atoms with Gasteiger partial charge in [-0.05, 0) is 36.9 Å². The van der Waals surface area contributed by atoms with Gasteiger partial charge in [-0.15, -0.1) is 0 Å². The van der Waals surface area contributed by atoms with E-state index in [2.05, 4.69) is 4.98 Å². The number of halogens is 2. The van der Waals surface area contributed by atoms with Crippen molar-refractivity contribution in [1.82, 2.24) is 9.88 Å². The first-order valence-electron chi connectivity index (χ1n) is 6.77. The van der Waals surface area contributed by atoms with Crippen LogP contribution in [0.25, 0.3) is 5.70 Å². The summed E-state index contributed by atoms with van der Waals surface area (Å²) in [6.45, 7) is 0.510. The number of hydrogen-bond donors (Lipinski definition) is 2. The minimum Gasteiger partial charge on any atom is -0.506 e. The lowest BCUT2D eigenvalue weighted by Crippen LogP contribution is -2.26. The number of nitrogens with two attached hydrogens (primary N) is 1. The Hall–Kier alpha value is -2.11. The van der Waals surface area contributed by atoms with Crippen molar-refractivity contribution in [3.8, 4) is 5.75 Å². The molecule has 2 aromatic rings. The monoisotopic (exact) mass is 319 g/mol. The third kappa shape index (κ3) is 2.32. The average molecular weight is 320 g/mol. The van der Waals surface area contributed by atoms with Crippen molar-refractivity contribution in [2.24, 2.45) is 5.73 Å². The number of benzene rings is 1. The molecule has 1 atom stereocenters. The van der Waals surface area contributed by atoms with Gasteiger partial charge in [-0.1, -0.05) is 11.6 Å². The van der Waals surface area contributed by atoms with Gasteiger partial charge in [-0.25, -0.2) is 4.39 Å². The fraction of sp³-hybridized carbons (Fsp3) is 0.188. The summed E-state index contributed by atoms with van der Waals surface area (Å²) in [6.07, 6.45) is 5.12. The molecule has 22 heavy (non-hydrogen) atoms. The maximum atomic E-state index is 14.4. The zero-order valence-corrected chi connectivity index (χ0v) is 12.7. The highest BCUT2D eigenvalue weighted by atomic mass is 35.5. The molecule has 0 amide bonds. The van der Waals surface area contributed by atoms with Crippen LogP contribution >= 0.6 is 11.6 Å². The molecular weight excluding hydrogens is 305 g/mol. The van der Waals surface area contributed by atoms with E-state index >= 15 is 0 Å². The van der Waals surface area contributed by atoms with Gasteiger partial charge in [0.05, 0.1) is 16.6 Å². The number of nitrogens with zero attached hydrogens (tertiary/aromatic N) is 2. The smallest absolute Gasteiger partial charge is 0.142 e. The van der Waals surface area contributed by atoms with E-state index in [-0.39, 0.29) is 16.3 Å². The Labute approximate surface area is 132 Å². The number of phenolic OH excluding ortho intramolecular Hbond substituents is 1. The molecule has 1 unspecified atom stereocenters. The molecule has 0 saturated heterocycles. The number of rotatable bonds is 1. The Balaban J connectivity index is 2.27. The first kappa shape index (κ1) is 14.8. The standard InChI is InChI=1S/C16H15ClFN3O/c1-21-7-5-13(19)10-8-20-6-4-9(10)15(21)14-12(18)3-2-11(17)16(14)22/h2-6,8,15,22H,7,19H2,1H3. The average Bonchev–Trinajstić information content (AvgIpc) is 2.63. The normalized spacial score (nSPS) is 18.5. The second-order valence-corrected chi connectivity index (χ2v) is 5.66. The number of aromatic hydroxyl groups is 1. The minimum absolute atomic E-state index is 0.116. The maximum Gasteiger partial charge on any atom is 0.142 e. The molecule has 3 rings (SSSR count). The molecule has 0 bridgehead atoms. The van der Waals surface area contributed by atoms with Crippen molar-refractivity contribution >= 4 is 17.3 Å². The Morgan fingerprint density at radius 3 is 2.95 bits per heavy atom. The molecule has 114 valence electrons. The molecule has 3 N–H and O–H groups in total. The van der Waals surface area contributed by atoms with E-state index in [4.69, 9.17) is 17.3 Å². The van der Waals surface area contributed by atoms with Crippen LogP contribution in [0.3, 0.4) is 0 Å². The lowest BCUT2D eigenvalue weighted by atomic mass is 9.93. The predicted octanol–water partition coefficient (Wildman–Crippen LogP) is 2.91. The Morgan fingerprint density at radius 2 is 2.18 bits per heavy atom. The summed E-state index contributed by atoms with van der Waals surface area (Å²) in [5.41, 5.74) is 8.30. The summed E-state index contributed by atoms with van der Waals surface area (Å²) in [5, 5.41) is 10.4. The van der Waals surface area contributed by atoms with Crippen LogP contribution in [0.2, 0.25) is 5.02 Å². The molecule has 6 heteroatoms. The molecule has 0 spiro atoms. The predicted molar refractivity (Wildman–Crippen MR) is 83.9 cm³/mol. The summed E-state index contributed by atoms with van der Waals surface area (Å²) in [6, 6.07) is 3.87. The number of pyridine rings is 1. The molecule has 4 nitrogen and oxygen atoms in total. The second-order valence-electron chi connectivity index (χ2n) is 5.26. The third-order valence-corrected chi connectivity index (χ3v) is 4.19. The van der Waals surface area contributed by atoms with Gasteiger partial charge in [0.1, 0.15) is 11.6 Å². The topological polar surface area (TPSA) is 62.4 Å². The number of likely N-dealkylation sites (N-methyl/N-ethyl adjacent to an activating group) is 1. The lowest BCUT2D eigenvalue weighted by molar-refractivity contribution is 0.295. The molecule has 0 saturated carbocycles. The van der Waals surface area contributed by atoms with E-state index in [0.29, 0.717) is 12.2 Å². The minimum atomic E-state index is -0.512. The SMILES string of the molecule is CN1CC=C(N)c2cnccc2C1c1c(F)ccc(Cl)c1O. The molecular formula is C16H15ClFN3O. The summed E-state index contributed by atoms with van der Waals surface area (Å²) in [5.74, 6) is -0.760. The fourth-order valence-electron chi connectivity index (χ4n) is 2.77. The van der Waals surface area contributed by atoms with Crippen molar-refractivity contribution < 1.29 is 9.50 Å². The van der Waals surface area contributed by atoms with Crippen molar-refractivity contribution in [2.75, 3.05) is 13.6 Å². The molecule has 1 aliphatic heterocycles. The van der Waals surface area contributed by atoms with E-state index in [1.807, 2.05) is 18.0 Å². The fourth-order valence-corrected chi connectivity index (χ4v) is 2.94. The van der Waals surface area contributed by atoms with Crippen LogP contribution in [0.4, 0.5) is 4.39 Å². The quantitative estimate of drug-likeness (QED) is 0.848. The summed E-state index contributed by atoms with van der Waals surface area (Å²) < 4.78 is 14.4. The van der Waals surface area contributed by atoms with Crippen LogP contribution in [0.5, 0.6) is 5.75 Å². The van der Waals surface area contributed by atoms with E-state index in [9.17, 15) is 9.50 Å². The Morgan fingerprint density at radius 1 is 1.41 bits per heavy atom. The van der Waals surface area contributed by atoms with Crippen LogP contribution < -0.4 is 5.73 Å². The van der Waals surface area contributed by atoms with Gasteiger partial charge in [0.25, 0.3) is 0 Å². The van der Waals surface area contributed by atoms with Crippen LogP contribution in [0.15, 0.2) is 36.7 Å². The molecule has 0 fully saturated rings. The number of hydrogen-bond acceptors (Lipinski definition) is 4. The van der Waals surface area contributed by atoms with Crippen molar-refractivity contribution in [3.05, 3.63) is 64.2 Å². The highest BCUT2D eigenvalue weighted by Gasteiger charge is 2.30. The molecule has 1 aromatic carbocycles. The van der Waals surface area contributed by atoms with Gasteiger partial charge in [0.2, 0.25) is 0 Å². The number of aromatic nitrogens is 1. The van der Waals surface area contributed by atoms with Gasteiger partial charge in [0.15, 0.2) is 0 Å². The summed E-state index contributed by atoms with van der Waals surface area (Å²) >= 11 is 5.96. The van der Waals surface area contributed by atoms with E-state index in [0.717, 1.165) is 11.1 Å². The van der Waals surface area contributed by atoms with Crippen LogP contribution in [0.1, 0.15) is 22.7 Å². The molecule has 0 radical (unpaired) electrons. The van der Waals surface area contributed by atoms with Gasteiger partial charge in [-0.3, -0.25) is 9.88 Å². The Kier molecular flexibility index (Phi) is 3.76. The van der Waals surface area contributed by atoms with Gasteiger partial charge in [0, 0.05) is 30.2 Å². The van der Waals surface area contributed by atoms with Gasteiger partial charge < -0.3 is 10.8 Å². The highest BCUT2D eigenvalue weighted by Crippen LogP contribution is 2.41.